The number of nitrogens with one attached hydrogen (secondary N) is 2. The van der Waals surface area contributed by atoms with Crippen LogP contribution in [0.15, 0.2) is 47.2 Å². The molecule has 0 saturated carbocycles. The van der Waals surface area contributed by atoms with Gasteiger partial charge >= 0.3 is 0 Å². The molecule has 28 heavy (non-hydrogen) atoms. The van der Waals surface area contributed by atoms with Gasteiger partial charge in [-0.15, -0.1) is 22.7 Å². The van der Waals surface area contributed by atoms with Crippen LogP contribution in [0.25, 0.3) is 0 Å². The average molecular weight is 415 g/mol. The number of carbonyl (C=O) groups excluding carboxylic acids is 3. The van der Waals surface area contributed by atoms with Crippen LogP contribution in [0.2, 0.25) is 0 Å². The van der Waals surface area contributed by atoms with E-state index in [2.05, 4.69) is 15.6 Å². The van der Waals surface area contributed by atoms with Crippen LogP contribution in [-0.4, -0.2) is 22.7 Å². The van der Waals surface area contributed by atoms with Crippen molar-refractivity contribution in [2.75, 3.05) is 10.6 Å². The second-order valence-electron chi connectivity index (χ2n) is 5.97. The van der Waals surface area contributed by atoms with Crippen molar-refractivity contribution < 1.29 is 14.4 Å². The fourth-order valence-electron chi connectivity index (χ4n) is 2.52. The SMILES string of the molecule is NC(=O)Cc1ccccc1NC(=O)Cc1csc(NC(=O)Cc2cccs2)n1. The van der Waals surface area contributed by atoms with Gasteiger partial charge in [-0.2, -0.15) is 0 Å². The summed E-state index contributed by atoms with van der Waals surface area (Å²) in [6.07, 6.45) is 0.402. The molecule has 0 spiro atoms. The van der Waals surface area contributed by atoms with Gasteiger partial charge in [0, 0.05) is 15.9 Å². The lowest BCUT2D eigenvalue weighted by atomic mass is 10.1. The number of para-hydroxylation sites is 1. The summed E-state index contributed by atoms with van der Waals surface area (Å²) in [7, 11) is 0. The molecule has 2 heterocycles. The Hall–Kier alpha value is -3.04. The molecule has 0 atom stereocenters. The van der Waals surface area contributed by atoms with Crippen LogP contribution in [-0.2, 0) is 33.6 Å². The van der Waals surface area contributed by atoms with E-state index in [0.717, 1.165) is 4.88 Å². The van der Waals surface area contributed by atoms with Crippen molar-refractivity contribution in [3.05, 3.63) is 63.3 Å². The summed E-state index contributed by atoms with van der Waals surface area (Å²) in [5, 5.41) is 9.63. The number of benzene rings is 1. The zero-order valence-corrected chi connectivity index (χ0v) is 16.4. The molecular weight excluding hydrogens is 396 g/mol. The smallest absolute Gasteiger partial charge is 0.231 e. The van der Waals surface area contributed by atoms with E-state index in [4.69, 9.17) is 5.73 Å². The predicted octanol–water partition coefficient (Wildman–Crippen LogP) is 2.59. The number of carbonyl (C=O) groups is 3. The third-order valence-electron chi connectivity index (χ3n) is 3.71. The minimum Gasteiger partial charge on any atom is -0.369 e. The largest absolute Gasteiger partial charge is 0.369 e. The summed E-state index contributed by atoms with van der Waals surface area (Å²) in [5.74, 6) is -0.879. The topological polar surface area (TPSA) is 114 Å². The van der Waals surface area contributed by atoms with Gasteiger partial charge in [-0.3, -0.25) is 14.4 Å². The highest BCUT2D eigenvalue weighted by atomic mass is 32.1. The number of nitrogens with two attached hydrogens (primary N) is 1. The number of thiazole rings is 1. The monoisotopic (exact) mass is 414 g/mol. The first-order valence-corrected chi connectivity index (χ1v) is 10.2. The lowest BCUT2D eigenvalue weighted by Gasteiger charge is -2.09. The number of amides is 3. The highest BCUT2D eigenvalue weighted by molar-refractivity contribution is 7.14. The Bertz CT molecular complexity index is 983. The van der Waals surface area contributed by atoms with Crippen molar-refractivity contribution >= 4 is 51.2 Å². The van der Waals surface area contributed by atoms with Gasteiger partial charge in [-0.25, -0.2) is 4.98 Å². The van der Waals surface area contributed by atoms with Crippen LogP contribution >= 0.6 is 22.7 Å². The van der Waals surface area contributed by atoms with Crippen molar-refractivity contribution in [3.8, 4) is 0 Å². The fourth-order valence-corrected chi connectivity index (χ4v) is 3.95. The number of rotatable bonds is 8. The standard InChI is InChI=1S/C19H18N4O3S2/c20-16(24)8-12-4-1-2-6-15(12)22-17(25)9-13-11-28-19(21-13)23-18(26)10-14-5-3-7-27-14/h1-7,11H,8-10H2,(H2,20,24)(H,22,25)(H,21,23,26). The number of primary amides is 1. The molecule has 0 fully saturated rings. The first-order chi connectivity index (χ1) is 13.5. The Morgan fingerprint density at radius 1 is 0.929 bits per heavy atom. The number of aromatic nitrogens is 1. The third-order valence-corrected chi connectivity index (χ3v) is 5.39. The molecule has 7 nitrogen and oxygen atoms in total. The van der Waals surface area contributed by atoms with Crippen LogP contribution in [0, 0.1) is 0 Å². The minimum absolute atomic E-state index is 0.0492. The van der Waals surface area contributed by atoms with Crippen molar-refractivity contribution in [1.29, 1.82) is 0 Å². The molecule has 2 aromatic heterocycles. The van der Waals surface area contributed by atoms with Crippen LogP contribution in [0.5, 0.6) is 0 Å². The lowest BCUT2D eigenvalue weighted by Crippen LogP contribution is -2.19. The Kier molecular flexibility index (Phi) is 6.51. The molecule has 0 aliphatic heterocycles. The van der Waals surface area contributed by atoms with Gasteiger partial charge in [-0.1, -0.05) is 24.3 Å². The first-order valence-electron chi connectivity index (χ1n) is 8.42. The zero-order chi connectivity index (χ0) is 19.9. The Labute approximate surface area is 169 Å². The van der Waals surface area contributed by atoms with E-state index >= 15 is 0 Å². The number of nitrogens with zero attached hydrogens (tertiary/aromatic N) is 1. The zero-order valence-electron chi connectivity index (χ0n) is 14.8. The lowest BCUT2D eigenvalue weighted by molar-refractivity contribution is -0.118. The minimum atomic E-state index is -0.468. The molecule has 3 aromatic rings. The van der Waals surface area contributed by atoms with Gasteiger partial charge < -0.3 is 16.4 Å². The Morgan fingerprint density at radius 2 is 1.71 bits per heavy atom. The van der Waals surface area contributed by atoms with Crippen LogP contribution in [0.1, 0.15) is 16.1 Å². The maximum absolute atomic E-state index is 12.3. The normalized spacial score (nSPS) is 10.4. The van der Waals surface area contributed by atoms with E-state index in [0.29, 0.717) is 28.5 Å². The van der Waals surface area contributed by atoms with Gasteiger partial charge in [-0.05, 0) is 23.1 Å². The van der Waals surface area contributed by atoms with Gasteiger partial charge in [0.25, 0.3) is 0 Å². The summed E-state index contributed by atoms with van der Waals surface area (Å²) in [5.41, 5.74) is 7.00. The maximum atomic E-state index is 12.3. The molecule has 9 heteroatoms. The van der Waals surface area contributed by atoms with E-state index in [1.807, 2.05) is 17.5 Å². The highest BCUT2D eigenvalue weighted by Crippen LogP contribution is 2.19. The highest BCUT2D eigenvalue weighted by Gasteiger charge is 2.13. The maximum Gasteiger partial charge on any atom is 0.231 e. The molecule has 0 radical (unpaired) electrons. The Morgan fingerprint density at radius 3 is 2.46 bits per heavy atom. The van der Waals surface area contributed by atoms with Gasteiger partial charge in [0.1, 0.15) is 0 Å². The first kappa shape index (κ1) is 19.7. The van der Waals surface area contributed by atoms with E-state index in [1.165, 1.54) is 22.7 Å². The quantitative estimate of drug-likeness (QED) is 0.526. The molecule has 4 N–H and O–H groups in total. The second-order valence-corrected chi connectivity index (χ2v) is 7.86. The summed E-state index contributed by atoms with van der Waals surface area (Å²) in [6.45, 7) is 0. The van der Waals surface area contributed by atoms with Crippen molar-refractivity contribution in [2.45, 2.75) is 19.3 Å². The molecule has 0 aliphatic carbocycles. The fraction of sp³-hybridized carbons (Fsp3) is 0.158. The van der Waals surface area contributed by atoms with Gasteiger partial charge in [0.2, 0.25) is 17.7 Å². The molecule has 0 bridgehead atoms. The van der Waals surface area contributed by atoms with Crippen LogP contribution < -0.4 is 16.4 Å². The summed E-state index contributed by atoms with van der Waals surface area (Å²) in [4.78, 5) is 40.8. The summed E-state index contributed by atoms with van der Waals surface area (Å²) < 4.78 is 0. The number of hydrogen-bond donors (Lipinski definition) is 3. The van der Waals surface area contributed by atoms with E-state index in [-0.39, 0.29) is 24.7 Å². The van der Waals surface area contributed by atoms with E-state index in [9.17, 15) is 14.4 Å². The van der Waals surface area contributed by atoms with Crippen molar-refractivity contribution in [3.63, 3.8) is 0 Å². The molecule has 144 valence electrons. The molecular formula is C19H18N4O3S2. The van der Waals surface area contributed by atoms with Gasteiger partial charge in [0.05, 0.1) is 25.0 Å². The van der Waals surface area contributed by atoms with Crippen molar-refractivity contribution in [1.82, 2.24) is 4.98 Å². The van der Waals surface area contributed by atoms with Crippen LogP contribution in [0.3, 0.4) is 0 Å². The van der Waals surface area contributed by atoms with Crippen molar-refractivity contribution in [2.24, 2.45) is 5.73 Å². The third kappa shape index (κ3) is 5.73. The molecule has 3 amide bonds. The number of hydrogen-bond acceptors (Lipinski definition) is 6. The predicted molar refractivity (Wildman–Crippen MR) is 110 cm³/mol. The molecule has 3 rings (SSSR count). The second kappa shape index (κ2) is 9.25. The number of thiophene rings is 1. The summed E-state index contributed by atoms with van der Waals surface area (Å²) >= 11 is 2.79. The summed E-state index contributed by atoms with van der Waals surface area (Å²) in [6, 6.07) is 10.8. The molecule has 0 aliphatic rings. The van der Waals surface area contributed by atoms with E-state index < -0.39 is 5.91 Å². The van der Waals surface area contributed by atoms with Gasteiger partial charge in [0.15, 0.2) is 5.13 Å². The molecule has 0 unspecified atom stereocenters. The molecule has 0 saturated heterocycles. The van der Waals surface area contributed by atoms with Crippen LogP contribution in [0.4, 0.5) is 10.8 Å². The number of anilines is 2. The Balaban J connectivity index is 1.55. The molecule has 1 aromatic carbocycles. The van der Waals surface area contributed by atoms with E-state index in [1.54, 1.807) is 29.6 Å². The average Bonchev–Trinajstić information content (AvgIpc) is 3.28.